The minimum Gasteiger partial charge on any atom is -0.493 e. The quantitative estimate of drug-likeness (QED) is 0.521. The first-order valence-corrected chi connectivity index (χ1v) is 9.04. The molecule has 0 aliphatic rings. The molecule has 2 heterocycles. The molecule has 0 bridgehead atoms. The third-order valence-corrected chi connectivity index (χ3v) is 4.59. The van der Waals surface area contributed by atoms with Gasteiger partial charge in [-0.15, -0.1) is 0 Å². The monoisotopic (exact) mass is 371 g/mol. The summed E-state index contributed by atoms with van der Waals surface area (Å²) in [6.07, 6.45) is 1.76. The van der Waals surface area contributed by atoms with E-state index in [1.54, 1.807) is 20.4 Å². The zero-order chi connectivity index (χ0) is 19.3. The molecular weight excluding hydrogens is 350 g/mol. The molecule has 0 atom stereocenters. The summed E-state index contributed by atoms with van der Waals surface area (Å²) >= 11 is 0. The number of ether oxygens (including phenoxy) is 2. The van der Waals surface area contributed by atoms with Crippen molar-refractivity contribution in [2.75, 3.05) is 19.5 Å². The first-order chi connectivity index (χ1) is 13.8. The van der Waals surface area contributed by atoms with Crippen LogP contribution in [0.3, 0.4) is 0 Å². The van der Waals surface area contributed by atoms with Gasteiger partial charge in [0.05, 0.1) is 14.2 Å². The van der Waals surface area contributed by atoms with Crippen LogP contribution in [0.2, 0.25) is 0 Å². The van der Waals surface area contributed by atoms with Crippen molar-refractivity contribution >= 4 is 16.9 Å². The van der Waals surface area contributed by atoms with Gasteiger partial charge in [-0.25, -0.2) is 9.97 Å². The van der Waals surface area contributed by atoms with E-state index in [0.717, 1.165) is 22.3 Å². The van der Waals surface area contributed by atoms with Crippen molar-refractivity contribution in [3.63, 3.8) is 0 Å². The number of nitrogens with one attached hydrogen (secondary N) is 1. The molecule has 0 saturated carbocycles. The molecule has 5 heteroatoms. The molecule has 0 radical (unpaired) electrons. The number of hydrogen-bond acceptors (Lipinski definition) is 5. The van der Waals surface area contributed by atoms with Gasteiger partial charge in [-0.3, -0.25) is 0 Å². The average molecular weight is 371 g/mol. The van der Waals surface area contributed by atoms with E-state index in [9.17, 15) is 0 Å². The van der Waals surface area contributed by atoms with Crippen LogP contribution in [-0.4, -0.2) is 24.2 Å². The van der Waals surface area contributed by atoms with Crippen molar-refractivity contribution in [2.45, 2.75) is 6.54 Å². The lowest BCUT2D eigenvalue weighted by Gasteiger charge is -2.14. The SMILES string of the molecule is COc1ccc(-c2cc3cccnc3nc2NCc2ccccc2)cc1OC. The highest BCUT2D eigenvalue weighted by molar-refractivity contribution is 5.88. The molecule has 2 aromatic heterocycles. The maximum absolute atomic E-state index is 5.48. The highest BCUT2D eigenvalue weighted by Gasteiger charge is 2.13. The van der Waals surface area contributed by atoms with Crippen LogP contribution in [0.25, 0.3) is 22.2 Å². The standard InChI is InChI=1S/C23H21N3O2/c1-27-20-11-10-17(14-21(20)28-2)19-13-18-9-6-12-24-22(18)26-23(19)25-15-16-7-4-3-5-8-16/h3-14H,15H2,1-2H3,(H,24,25,26). The number of fused-ring (bicyclic) bond motifs is 1. The Balaban J connectivity index is 1.79. The first-order valence-electron chi connectivity index (χ1n) is 9.04. The normalized spacial score (nSPS) is 10.6. The lowest BCUT2D eigenvalue weighted by molar-refractivity contribution is 0.355. The number of rotatable bonds is 6. The van der Waals surface area contributed by atoms with Gasteiger partial charge in [0, 0.05) is 23.7 Å². The second-order valence-corrected chi connectivity index (χ2v) is 6.34. The summed E-state index contributed by atoms with van der Waals surface area (Å²) in [5.74, 6) is 2.16. The van der Waals surface area contributed by atoms with Crippen molar-refractivity contribution < 1.29 is 9.47 Å². The minimum absolute atomic E-state index is 0.673. The third-order valence-electron chi connectivity index (χ3n) is 4.59. The molecule has 0 fully saturated rings. The summed E-state index contributed by atoms with van der Waals surface area (Å²) in [5.41, 5.74) is 3.87. The van der Waals surface area contributed by atoms with Crippen molar-refractivity contribution in [3.8, 4) is 22.6 Å². The van der Waals surface area contributed by atoms with Gasteiger partial charge >= 0.3 is 0 Å². The molecule has 4 aromatic rings. The molecule has 0 unspecified atom stereocenters. The van der Waals surface area contributed by atoms with Gasteiger partial charge in [0.25, 0.3) is 0 Å². The Labute approximate surface area is 164 Å². The Kier molecular flexibility index (Phi) is 5.06. The fraction of sp³-hybridized carbons (Fsp3) is 0.130. The van der Waals surface area contributed by atoms with E-state index in [4.69, 9.17) is 14.5 Å². The molecule has 0 aliphatic carbocycles. The first kappa shape index (κ1) is 17.8. The molecule has 0 amide bonds. The summed E-state index contributed by atoms with van der Waals surface area (Å²) in [6, 6.07) is 22.2. The fourth-order valence-corrected chi connectivity index (χ4v) is 3.15. The van der Waals surface area contributed by atoms with E-state index < -0.39 is 0 Å². The van der Waals surface area contributed by atoms with Gasteiger partial charge in [-0.2, -0.15) is 0 Å². The number of methoxy groups -OCH3 is 2. The molecule has 28 heavy (non-hydrogen) atoms. The number of pyridine rings is 2. The van der Waals surface area contributed by atoms with Crippen LogP contribution >= 0.6 is 0 Å². The number of anilines is 1. The predicted molar refractivity (Wildman–Crippen MR) is 112 cm³/mol. The second-order valence-electron chi connectivity index (χ2n) is 6.34. The highest BCUT2D eigenvalue weighted by atomic mass is 16.5. The fourth-order valence-electron chi connectivity index (χ4n) is 3.15. The van der Waals surface area contributed by atoms with E-state index in [2.05, 4.69) is 28.5 Å². The molecule has 0 saturated heterocycles. The predicted octanol–water partition coefficient (Wildman–Crippen LogP) is 4.93. The van der Waals surface area contributed by atoms with Gasteiger partial charge in [0.1, 0.15) is 5.82 Å². The Morgan fingerprint density at radius 1 is 0.857 bits per heavy atom. The van der Waals surface area contributed by atoms with E-state index in [-0.39, 0.29) is 0 Å². The van der Waals surface area contributed by atoms with E-state index in [1.807, 2.05) is 48.5 Å². The smallest absolute Gasteiger partial charge is 0.161 e. The lowest BCUT2D eigenvalue weighted by Crippen LogP contribution is -2.04. The molecule has 0 spiro atoms. The molecule has 140 valence electrons. The molecule has 2 aromatic carbocycles. The van der Waals surface area contributed by atoms with Crippen molar-refractivity contribution in [2.24, 2.45) is 0 Å². The topological polar surface area (TPSA) is 56.3 Å². The van der Waals surface area contributed by atoms with Crippen LogP contribution in [0.5, 0.6) is 11.5 Å². The highest BCUT2D eigenvalue weighted by Crippen LogP contribution is 2.36. The van der Waals surface area contributed by atoms with Crippen LogP contribution in [0.15, 0.2) is 72.9 Å². The van der Waals surface area contributed by atoms with Crippen LogP contribution < -0.4 is 14.8 Å². The number of hydrogen-bond donors (Lipinski definition) is 1. The van der Waals surface area contributed by atoms with Gasteiger partial charge in [-0.05, 0) is 41.5 Å². The van der Waals surface area contributed by atoms with Crippen molar-refractivity contribution in [1.29, 1.82) is 0 Å². The van der Waals surface area contributed by atoms with Gasteiger partial charge in [0.15, 0.2) is 17.1 Å². The largest absolute Gasteiger partial charge is 0.493 e. The van der Waals surface area contributed by atoms with E-state index >= 15 is 0 Å². The Morgan fingerprint density at radius 3 is 2.46 bits per heavy atom. The average Bonchev–Trinajstić information content (AvgIpc) is 2.77. The third kappa shape index (κ3) is 3.60. The summed E-state index contributed by atoms with van der Waals surface area (Å²) in [4.78, 5) is 9.17. The molecular formula is C23H21N3O2. The summed E-state index contributed by atoms with van der Waals surface area (Å²) < 4.78 is 10.8. The van der Waals surface area contributed by atoms with Gasteiger partial charge in [0.2, 0.25) is 0 Å². The van der Waals surface area contributed by atoms with Gasteiger partial charge in [-0.1, -0.05) is 36.4 Å². The summed E-state index contributed by atoms with van der Waals surface area (Å²) in [6.45, 7) is 0.673. The van der Waals surface area contributed by atoms with Crippen LogP contribution in [0.1, 0.15) is 5.56 Å². The van der Waals surface area contributed by atoms with Gasteiger partial charge < -0.3 is 14.8 Å². The maximum Gasteiger partial charge on any atom is 0.161 e. The Bertz CT molecular complexity index is 1100. The van der Waals surface area contributed by atoms with E-state index in [1.165, 1.54) is 5.56 Å². The molecule has 4 rings (SSSR count). The number of benzene rings is 2. The van der Waals surface area contributed by atoms with Crippen LogP contribution in [0, 0.1) is 0 Å². The lowest BCUT2D eigenvalue weighted by atomic mass is 10.0. The van der Waals surface area contributed by atoms with Crippen molar-refractivity contribution in [3.05, 3.63) is 78.5 Å². The number of nitrogens with zero attached hydrogens (tertiary/aromatic N) is 2. The van der Waals surface area contributed by atoms with Crippen LogP contribution in [-0.2, 0) is 6.54 Å². The van der Waals surface area contributed by atoms with E-state index in [0.29, 0.717) is 23.7 Å². The Hall–Kier alpha value is -3.60. The van der Waals surface area contributed by atoms with Crippen molar-refractivity contribution in [1.82, 2.24) is 9.97 Å². The summed E-state index contributed by atoms with van der Waals surface area (Å²) in [7, 11) is 3.27. The van der Waals surface area contributed by atoms with Crippen LogP contribution in [0.4, 0.5) is 5.82 Å². The molecule has 0 aliphatic heterocycles. The zero-order valence-corrected chi connectivity index (χ0v) is 15.8. The minimum atomic E-state index is 0.673. The summed E-state index contributed by atoms with van der Waals surface area (Å²) in [5, 5.41) is 4.45. The maximum atomic E-state index is 5.48. The number of aromatic nitrogens is 2. The zero-order valence-electron chi connectivity index (χ0n) is 15.8. The molecule has 1 N–H and O–H groups in total. The second kappa shape index (κ2) is 7.96. The Morgan fingerprint density at radius 2 is 1.68 bits per heavy atom. The molecule has 5 nitrogen and oxygen atoms in total.